The van der Waals surface area contributed by atoms with Crippen LogP contribution in [0.15, 0.2) is 45.7 Å². The van der Waals surface area contributed by atoms with E-state index in [9.17, 15) is 14.4 Å². The summed E-state index contributed by atoms with van der Waals surface area (Å²) in [6, 6.07) is 11.3. The zero-order chi connectivity index (χ0) is 23.9. The number of esters is 1. The number of aromatic nitrogens is 1. The Balaban J connectivity index is 1.60. The first-order valence-electron chi connectivity index (χ1n) is 10.4. The van der Waals surface area contributed by atoms with Crippen molar-refractivity contribution >= 4 is 35.0 Å². The van der Waals surface area contributed by atoms with Gasteiger partial charge in [-0.25, -0.2) is 4.79 Å². The maximum atomic E-state index is 13.0. The lowest BCUT2D eigenvalue weighted by Gasteiger charge is -2.13. The van der Waals surface area contributed by atoms with Crippen molar-refractivity contribution in [3.05, 3.63) is 80.9 Å². The van der Waals surface area contributed by atoms with Gasteiger partial charge in [0, 0.05) is 17.1 Å². The summed E-state index contributed by atoms with van der Waals surface area (Å²) >= 11 is 0.894. The molecule has 3 heterocycles. The predicted octanol–water partition coefficient (Wildman–Crippen LogP) is 5.33. The first-order chi connectivity index (χ1) is 15.7. The van der Waals surface area contributed by atoms with Gasteiger partial charge in [-0.2, -0.15) is 0 Å². The van der Waals surface area contributed by atoms with E-state index in [2.05, 4.69) is 41.4 Å². The summed E-state index contributed by atoms with van der Waals surface area (Å²) in [7, 11) is 1.25. The Labute approximate surface area is 196 Å². The Morgan fingerprint density at radius 2 is 1.85 bits per heavy atom. The van der Waals surface area contributed by atoms with Crippen molar-refractivity contribution in [2.45, 2.75) is 34.2 Å². The van der Waals surface area contributed by atoms with Crippen molar-refractivity contribution < 1.29 is 23.5 Å². The zero-order valence-corrected chi connectivity index (χ0v) is 19.9. The lowest BCUT2D eigenvalue weighted by Crippen LogP contribution is -2.27. The van der Waals surface area contributed by atoms with Gasteiger partial charge in [0.2, 0.25) is 5.76 Å². The number of methoxy groups -OCH3 is 1. The molecule has 0 atom stereocenters. The molecule has 7 nitrogen and oxygen atoms in total. The van der Waals surface area contributed by atoms with Gasteiger partial charge >= 0.3 is 5.97 Å². The summed E-state index contributed by atoms with van der Waals surface area (Å²) in [5.41, 5.74) is 6.35. The molecule has 2 amide bonds. The molecular weight excluding hydrogens is 440 g/mol. The molecule has 1 aliphatic rings. The Kier molecular flexibility index (Phi) is 6.03. The number of amides is 2. The van der Waals surface area contributed by atoms with Crippen LogP contribution in [0.25, 0.3) is 11.8 Å². The van der Waals surface area contributed by atoms with Gasteiger partial charge in [-0.1, -0.05) is 17.7 Å². The van der Waals surface area contributed by atoms with Crippen LogP contribution in [0.5, 0.6) is 0 Å². The Hall–Kier alpha value is -3.52. The van der Waals surface area contributed by atoms with Crippen LogP contribution in [0, 0.1) is 27.7 Å². The molecule has 2 aromatic heterocycles. The van der Waals surface area contributed by atoms with Crippen LogP contribution < -0.4 is 0 Å². The maximum Gasteiger partial charge on any atom is 0.373 e. The highest BCUT2D eigenvalue weighted by Gasteiger charge is 2.36. The number of ether oxygens (including phenoxy) is 1. The fourth-order valence-electron chi connectivity index (χ4n) is 3.97. The van der Waals surface area contributed by atoms with Crippen LogP contribution in [0.3, 0.4) is 0 Å². The van der Waals surface area contributed by atoms with E-state index in [1.165, 1.54) is 18.7 Å². The largest absolute Gasteiger partial charge is 0.463 e. The van der Waals surface area contributed by atoms with Crippen LogP contribution in [0.2, 0.25) is 0 Å². The lowest BCUT2D eigenvalue weighted by atomic mass is 10.1. The molecule has 0 saturated carbocycles. The van der Waals surface area contributed by atoms with Gasteiger partial charge in [-0.15, -0.1) is 0 Å². The van der Waals surface area contributed by atoms with E-state index in [-0.39, 0.29) is 17.5 Å². The number of thioether (sulfide) groups is 1. The number of aryl methyl sites for hydroxylation is 3. The summed E-state index contributed by atoms with van der Waals surface area (Å²) < 4.78 is 12.2. The highest BCUT2D eigenvalue weighted by Crippen LogP contribution is 2.35. The Bertz CT molecular complexity index is 1310. The van der Waals surface area contributed by atoms with E-state index in [4.69, 9.17) is 4.42 Å². The smallest absolute Gasteiger partial charge is 0.373 e. The van der Waals surface area contributed by atoms with Gasteiger partial charge in [-0.05, 0) is 80.9 Å². The third-order valence-corrected chi connectivity index (χ3v) is 6.49. The molecule has 0 radical (unpaired) electrons. The number of rotatable bonds is 5. The Morgan fingerprint density at radius 3 is 2.55 bits per heavy atom. The van der Waals surface area contributed by atoms with Crippen molar-refractivity contribution in [3.8, 4) is 5.69 Å². The molecule has 0 N–H and O–H groups in total. The fourth-order valence-corrected chi connectivity index (χ4v) is 4.80. The number of benzene rings is 1. The van der Waals surface area contributed by atoms with Crippen LogP contribution in [-0.2, 0) is 16.1 Å². The molecule has 0 aliphatic carbocycles. The molecule has 1 aliphatic heterocycles. The highest BCUT2D eigenvalue weighted by molar-refractivity contribution is 8.18. The average molecular weight is 465 g/mol. The van der Waals surface area contributed by atoms with Crippen molar-refractivity contribution in [1.82, 2.24) is 9.47 Å². The molecule has 3 aromatic rings. The molecule has 4 rings (SSSR count). The number of hydrogen-bond acceptors (Lipinski definition) is 6. The van der Waals surface area contributed by atoms with Crippen molar-refractivity contribution in [1.29, 1.82) is 0 Å². The summed E-state index contributed by atoms with van der Waals surface area (Å²) in [5, 5.41) is -0.384. The van der Waals surface area contributed by atoms with Gasteiger partial charge in [-0.3, -0.25) is 14.5 Å². The van der Waals surface area contributed by atoms with E-state index in [1.807, 2.05) is 19.9 Å². The number of carbonyl (C=O) groups is 3. The normalized spacial score (nSPS) is 15.1. The standard InChI is InChI=1S/C25H24N2O5S/c1-14-6-8-20(15(2)10-14)27-16(3)11-18(17(27)4)12-22-23(28)26(25(30)33-22)13-19-7-9-21(32-19)24(29)31-5/h6-12H,13H2,1-5H3/b22-12+. The maximum absolute atomic E-state index is 13.0. The minimum absolute atomic E-state index is 0.0221. The molecule has 0 spiro atoms. The number of hydrogen-bond donors (Lipinski definition) is 0. The summed E-state index contributed by atoms with van der Waals surface area (Å²) in [5.74, 6) is -0.660. The molecule has 0 unspecified atom stereocenters. The van der Waals surface area contributed by atoms with Gasteiger partial charge in [0.15, 0.2) is 0 Å². The zero-order valence-electron chi connectivity index (χ0n) is 19.1. The predicted molar refractivity (Wildman–Crippen MR) is 126 cm³/mol. The number of carbonyl (C=O) groups excluding carboxylic acids is 3. The molecule has 1 saturated heterocycles. The Morgan fingerprint density at radius 1 is 1.09 bits per heavy atom. The summed E-state index contributed by atoms with van der Waals surface area (Å²) in [4.78, 5) is 38.5. The average Bonchev–Trinajstić information content (AvgIpc) is 3.42. The van der Waals surface area contributed by atoms with E-state index in [1.54, 1.807) is 12.1 Å². The van der Waals surface area contributed by atoms with Crippen LogP contribution >= 0.6 is 11.8 Å². The van der Waals surface area contributed by atoms with E-state index < -0.39 is 11.9 Å². The minimum Gasteiger partial charge on any atom is -0.463 e. The van der Waals surface area contributed by atoms with Gasteiger partial charge in [0.25, 0.3) is 11.1 Å². The molecule has 33 heavy (non-hydrogen) atoms. The second-order valence-corrected chi connectivity index (χ2v) is 8.97. The van der Waals surface area contributed by atoms with Crippen molar-refractivity contribution in [2.24, 2.45) is 0 Å². The molecule has 1 fully saturated rings. The summed E-state index contributed by atoms with van der Waals surface area (Å²) in [6.07, 6.45) is 1.76. The van der Waals surface area contributed by atoms with E-state index in [0.717, 1.165) is 44.9 Å². The highest BCUT2D eigenvalue weighted by atomic mass is 32.2. The van der Waals surface area contributed by atoms with Gasteiger partial charge < -0.3 is 13.7 Å². The van der Waals surface area contributed by atoms with E-state index in [0.29, 0.717) is 10.7 Å². The lowest BCUT2D eigenvalue weighted by molar-refractivity contribution is -0.123. The number of imide groups is 1. The SMILES string of the molecule is COC(=O)c1ccc(CN2C(=O)S/C(=C/c3cc(C)n(-c4ccc(C)cc4C)c3C)C2=O)o1. The topological polar surface area (TPSA) is 81.8 Å². The molecule has 1 aromatic carbocycles. The first kappa shape index (κ1) is 22.7. The van der Waals surface area contributed by atoms with Gasteiger partial charge in [0.05, 0.1) is 18.6 Å². The minimum atomic E-state index is -0.616. The molecular formula is C25H24N2O5S. The number of furan rings is 1. The van der Waals surface area contributed by atoms with Crippen LogP contribution in [0.4, 0.5) is 4.79 Å². The monoisotopic (exact) mass is 464 g/mol. The fraction of sp³-hybridized carbons (Fsp3) is 0.240. The second kappa shape index (κ2) is 8.78. The first-order valence-corrected chi connectivity index (χ1v) is 11.2. The van der Waals surface area contributed by atoms with Crippen LogP contribution in [-0.4, -0.2) is 33.7 Å². The third kappa shape index (κ3) is 4.26. The van der Waals surface area contributed by atoms with Gasteiger partial charge in [0.1, 0.15) is 5.76 Å². The number of nitrogens with zero attached hydrogens (tertiary/aromatic N) is 2. The van der Waals surface area contributed by atoms with Crippen molar-refractivity contribution in [2.75, 3.05) is 7.11 Å². The van der Waals surface area contributed by atoms with Crippen molar-refractivity contribution in [3.63, 3.8) is 0 Å². The second-order valence-electron chi connectivity index (χ2n) is 7.98. The van der Waals surface area contributed by atoms with Crippen LogP contribution in [0.1, 0.15) is 44.4 Å². The molecule has 8 heteroatoms. The molecule has 0 bridgehead atoms. The quantitative estimate of drug-likeness (QED) is 0.375. The third-order valence-electron chi connectivity index (χ3n) is 5.59. The summed E-state index contributed by atoms with van der Waals surface area (Å²) in [6.45, 7) is 8.10. The van der Waals surface area contributed by atoms with E-state index >= 15 is 0 Å². The molecule has 170 valence electrons.